The molecule has 0 bridgehead atoms. The highest BCUT2D eigenvalue weighted by Crippen LogP contribution is 2.43. The summed E-state index contributed by atoms with van der Waals surface area (Å²) in [5.74, 6) is 2.80. The van der Waals surface area contributed by atoms with Gasteiger partial charge in [0.25, 0.3) is 0 Å². The van der Waals surface area contributed by atoms with Gasteiger partial charge in [-0.15, -0.1) is 0 Å². The van der Waals surface area contributed by atoms with E-state index in [0.717, 1.165) is 24.7 Å². The van der Waals surface area contributed by atoms with Crippen LogP contribution >= 0.6 is 0 Å². The number of hydrogen-bond donors (Lipinski definition) is 0. The standard InChI is InChI=1S/C17H23NO2/c1-20-16-9-15(10-18-11-16)17(19)14-7-6-12-4-2-3-5-13(12)8-14/h9-14H,2-8H2,1H3. The topological polar surface area (TPSA) is 39.2 Å². The van der Waals surface area contributed by atoms with Gasteiger partial charge in [-0.1, -0.05) is 25.7 Å². The first-order valence-electron chi connectivity index (χ1n) is 7.81. The number of rotatable bonds is 3. The van der Waals surface area contributed by atoms with Crippen LogP contribution in [0, 0.1) is 17.8 Å². The molecule has 3 unspecified atom stereocenters. The lowest BCUT2D eigenvalue weighted by atomic mass is 9.66. The number of nitrogens with zero attached hydrogens (tertiary/aromatic N) is 1. The number of ketones is 1. The summed E-state index contributed by atoms with van der Waals surface area (Å²) >= 11 is 0. The Morgan fingerprint density at radius 2 is 1.95 bits per heavy atom. The molecule has 0 radical (unpaired) electrons. The van der Waals surface area contributed by atoms with Crippen molar-refractivity contribution in [2.24, 2.45) is 17.8 Å². The van der Waals surface area contributed by atoms with E-state index in [9.17, 15) is 4.79 Å². The number of Topliss-reactive ketones (excluding diaryl/α,β-unsaturated/α-hetero) is 1. The van der Waals surface area contributed by atoms with Gasteiger partial charge in [0.1, 0.15) is 5.75 Å². The first kappa shape index (κ1) is 13.6. The second-order valence-corrected chi connectivity index (χ2v) is 6.29. The fourth-order valence-electron chi connectivity index (χ4n) is 4.01. The monoisotopic (exact) mass is 273 g/mol. The zero-order valence-electron chi connectivity index (χ0n) is 12.2. The zero-order valence-corrected chi connectivity index (χ0v) is 12.2. The van der Waals surface area contributed by atoms with Crippen molar-refractivity contribution in [2.45, 2.75) is 44.9 Å². The van der Waals surface area contributed by atoms with Gasteiger partial charge in [0, 0.05) is 17.7 Å². The zero-order chi connectivity index (χ0) is 13.9. The Labute approximate surface area is 120 Å². The number of aromatic nitrogens is 1. The van der Waals surface area contributed by atoms with E-state index in [4.69, 9.17) is 4.74 Å². The fraction of sp³-hybridized carbons (Fsp3) is 0.647. The minimum absolute atomic E-state index is 0.197. The smallest absolute Gasteiger partial charge is 0.167 e. The molecule has 1 heterocycles. The summed E-state index contributed by atoms with van der Waals surface area (Å²) in [5, 5.41) is 0. The van der Waals surface area contributed by atoms with Gasteiger partial charge in [0.2, 0.25) is 0 Å². The van der Waals surface area contributed by atoms with Crippen LogP contribution < -0.4 is 4.74 Å². The number of carbonyl (C=O) groups excluding carboxylic acids is 1. The van der Waals surface area contributed by atoms with E-state index < -0.39 is 0 Å². The molecule has 0 N–H and O–H groups in total. The van der Waals surface area contributed by atoms with Crippen molar-refractivity contribution in [1.82, 2.24) is 4.98 Å². The average molecular weight is 273 g/mol. The molecule has 3 atom stereocenters. The minimum atomic E-state index is 0.197. The summed E-state index contributed by atoms with van der Waals surface area (Å²) in [6.45, 7) is 0. The largest absolute Gasteiger partial charge is 0.495 e. The molecule has 0 saturated heterocycles. The number of fused-ring (bicyclic) bond motifs is 1. The van der Waals surface area contributed by atoms with Crippen molar-refractivity contribution in [3.8, 4) is 5.75 Å². The molecule has 0 amide bonds. The first-order valence-corrected chi connectivity index (χ1v) is 7.81. The SMILES string of the molecule is COc1cncc(C(=O)C2CCC3CCCCC3C2)c1. The number of ether oxygens (including phenoxy) is 1. The van der Waals surface area contributed by atoms with Gasteiger partial charge in [0.05, 0.1) is 13.3 Å². The van der Waals surface area contributed by atoms with Crippen LogP contribution in [0.5, 0.6) is 5.75 Å². The lowest BCUT2D eigenvalue weighted by molar-refractivity contribution is 0.0762. The maximum absolute atomic E-state index is 12.6. The molecular formula is C17H23NO2. The Morgan fingerprint density at radius 3 is 2.75 bits per heavy atom. The van der Waals surface area contributed by atoms with E-state index in [0.29, 0.717) is 11.3 Å². The van der Waals surface area contributed by atoms with Crippen molar-refractivity contribution in [3.05, 3.63) is 24.0 Å². The Hall–Kier alpha value is -1.38. The predicted molar refractivity (Wildman–Crippen MR) is 77.9 cm³/mol. The van der Waals surface area contributed by atoms with Crippen LogP contribution in [0.1, 0.15) is 55.3 Å². The van der Waals surface area contributed by atoms with E-state index in [-0.39, 0.29) is 11.7 Å². The van der Waals surface area contributed by atoms with Crippen molar-refractivity contribution >= 4 is 5.78 Å². The lowest BCUT2D eigenvalue weighted by Gasteiger charge is -2.38. The van der Waals surface area contributed by atoms with Crippen LogP contribution in [-0.4, -0.2) is 17.9 Å². The van der Waals surface area contributed by atoms with E-state index in [1.807, 2.05) is 6.07 Å². The highest BCUT2D eigenvalue weighted by atomic mass is 16.5. The summed E-state index contributed by atoms with van der Waals surface area (Å²) in [6, 6.07) is 1.82. The summed E-state index contributed by atoms with van der Waals surface area (Å²) < 4.78 is 5.16. The van der Waals surface area contributed by atoms with Gasteiger partial charge in [-0.05, 0) is 37.2 Å². The van der Waals surface area contributed by atoms with Gasteiger partial charge in [-0.3, -0.25) is 9.78 Å². The third-order valence-corrected chi connectivity index (χ3v) is 5.14. The molecule has 20 heavy (non-hydrogen) atoms. The summed E-state index contributed by atoms with van der Waals surface area (Å²) in [5.41, 5.74) is 0.712. The minimum Gasteiger partial charge on any atom is -0.495 e. The van der Waals surface area contributed by atoms with Gasteiger partial charge >= 0.3 is 0 Å². The molecule has 2 fully saturated rings. The van der Waals surface area contributed by atoms with Crippen LogP contribution in [0.2, 0.25) is 0 Å². The van der Waals surface area contributed by atoms with E-state index in [1.54, 1.807) is 19.5 Å². The molecule has 1 aromatic heterocycles. The molecule has 3 nitrogen and oxygen atoms in total. The van der Waals surface area contributed by atoms with Crippen LogP contribution in [-0.2, 0) is 0 Å². The third-order valence-electron chi connectivity index (χ3n) is 5.14. The lowest BCUT2D eigenvalue weighted by Crippen LogP contribution is -2.31. The van der Waals surface area contributed by atoms with Crippen molar-refractivity contribution < 1.29 is 9.53 Å². The van der Waals surface area contributed by atoms with Gasteiger partial charge in [0.15, 0.2) is 5.78 Å². The summed E-state index contributed by atoms with van der Waals surface area (Å²) in [7, 11) is 1.61. The van der Waals surface area contributed by atoms with Gasteiger partial charge in [-0.25, -0.2) is 0 Å². The molecule has 0 aromatic carbocycles. The molecule has 108 valence electrons. The Bertz CT molecular complexity index is 486. The van der Waals surface area contributed by atoms with Crippen molar-refractivity contribution in [2.75, 3.05) is 7.11 Å². The quantitative estimate of drug-likeness (QED) is 0.784. The first-order chi connectivity index (χ1) is 9.78. The van der Waals surface area contributed by atoms with Crippen LogP contribution in [0.4, 0.5) is 0 Å². The second kappa shape index (κ2) is 5.94. The number of pyridine rings is 1. The fourth-order valence-corrected chi connectivity index (χ4v) is 4.01. The summed E-state index contributed by atoms with van der Waals surface area (Å²) in [4.78, 5) is 16.8. The molecule has 2 saturated carbocycles. The average Bonchev–Trinajstić information content (AvgIpc) is 2.53. The van der Waals surface area contributed by atoms with Crippen LogP contribution in [0.15, 0.2) is 18.5 Å². The van der Waals surface area contributed by atoms with E-state index >= 15 is 0 Å². The number of methoxy groups -OCH3 is 1. The van der Waals surface area contributed by atoms with Crippen molar-refractivity contribution in [3.63, 3.8) is 0 Å². The second-order valence-electron chi connectivity index (χ2n) is 6.29. The Morgan fingerprint density at radius 1 is 1.15 bits per heavy atom. The predicted octanol–water partition coefficient (Wildman–Crippen LogP) is 3.88. The Kier molecular flexibility index (Phi) is 4.04. The summed E-state index contributed by atoms with van der Waals surface area (Å²) in [6.07, 6.45) is 12.1. The van der Waals surface area contributed by atoms with E-state index in [1.165, 1.54) is 32.1 Å². The number of carbonyl (C=O) groups is 1. The molecular weight excluding hydrogens is 250 g/mol. The molecule has 2 aliphatic rings. The molecule has 0 aliphatic heterocycles. The molecule has 1 aromatic rings. The maximum Gasteiger partial charge on any atom is 0.167 e. The third kappa shape index (κ3) is 2.72. The highest BCUT2D eigenvalue weighted by Gasteiger charge is 2.35. The van der Waals surface area contributed by atoms with Crippen LogP contribution in [0.3, 0.4) is 0 Å². The highest BCUT2D eigenvalue weighted by molar-refractivity contribution is 5.97. The van der Waals surface area contributed by atoms with E-state index in [2.05, 4.69) is 4.98 Å². The molecule has 0 spiro atoms. The normalized spacial score (nSPS) is 29.6. The molecule has 3 rings (SSSR count). The Balaban J connectivity index is 1.70. The van der Waals surface area contributed by atoms with Crippen molar-refractivity contribution in [1.29, 1.82) is 0 Å². The molecule has 3 heteroatoms. The number of hydrogen-bond acceptors (Lipinski definition) is 3. The van der Waals surface area contributed by atoms with Crippen LogP contribution in [0.25, 0.3) is 0 Å². The van der Waals surface area contributed by atoms with Gasteiger partial charge < -0.3 is 4.74 Å². The maximum atomic E-state index is 12.6. The van der Waals surface area contributed by atoms with Gasteiger partial charge in [-0.2, -0.15) is 0 Å². The molecule has 2 aliphatic carbocycles.